The standard InChI is InChI=1S/C16H20N2O4S/c1-18(12-6-7-23(20,21)10-12)15(19)8-11-9-17-13-4-3-5-14(22-2)16(11)13/h3-5,9,12,17H,6-8,10H2,1-2H3. The predicted molar refractivity (Wildman–Crippen MR) is 88.4 cm³/mol. The molecule has 1 amide bonds. The van der Waals surface area contributed by atoms with Crippen molar-refractivity contribution < 1.29 is 17.9 Å². The Kier molecular flexibility index (Phi) is 4.06. The van der Waals surface area contributed by atoms with Gasteiger partial charge in [-0.1, -0.05) is 6.07 Å². The van der Waals surface area contributed by atoms with Crippen molar-refractivity contribution in [2.75, 3.05) is 25.7 Å². The Hall–Kier alpha value is -2.02. The van der Waals surface area contributed by atoms with Crippen LogP contribution in [0.2, 0.25) is 0 Å². The number of H-pyrrole nitrogens is 1. The van der Waals surface area contributed by atoms with Gasteiger partial charge in [0.1, 0.15) is 5.75 Å². The van der Waals surface area contributed by atoms with Crippen LogP contribution >= 0.6 is 0 Å². The average Bonchev–Trinajstić information content (AvgIpc) is 3.09. The van der Waals surface area contributed by atoms with E-state index in [-0.39, 0.29) is 29.9 Å². The molecule has 1 saturated heterocycles. The highest BCUT2D eigenvalue weighted by Crippen LogP contribution is 2.29. The first-order chi connectivity index (χ1) is 10.9. The molecule has 2 heterocycles. The lowest BCUT2D eigenvalue weighted by Crippen LogP contribution is -2.38. The highest BCUT2D eigenvalue weighted by molar-refractivity contribution is 7.91. The average molecular weight is 336 g/mol. The van der Waals surface area contributed by atoms with Crippen LogP contribution in [-0.2, 0) is 21.1 Å². The van der Waals surface area contributed by atoms with Gasteiger partial charge in [-0.15, -0.1) is 0 Å². The Labute approximate surface area is 135 Å². The number of benzene rings is 1. The van der Waals surface area contributed by atoms with Gasteiger partial charge in [0.15, 0.2) is 9.84 Å². The molecule has 1 unspecified atom stereocenters. The van der Waals surface area contributed by atoms with Crippen LogP contribution in [0.25, 0.3) is 10.9 Å². The molecule has 0 spiro atoms. The molecular formula is C16H20N2O4S. The quantitative estimate of drug-likeness (QED) is 0.914. The smallest absolute Gasteiger partial charge is 0.227 e. The second-order valence-corrected chi connectivity index (χ2v) is 8.16. The summed E-state index contributed by atoms with van der Waals surface area (Å²) in [5.41, 5.74) is 1.77. The zero-order valence-electron chi connectivity index (χ0n) is 13.2. The van der Waals surface area contributed by atoms with Crippen LogP contribution in [0, 0.1) is 0 Å². The van der Waals surface area contributed by atoms with Crippen LogP contribution in [-0.4, -0.2) is 55.9 Å². The fraction of sp³-hybridized carbons (Fsp3) is 0.438. The molecule has 0 saturated carbocycles. The topological polar surface area (TPSA) is 79.5 Å². The Balaban J connectivity index is 1.81. The molecule has 1 aliphatic heterocycles. The van der Waals surface area contributed by atoms with Gasteiger partial charge in [-0.05, 0) is 24.1 Å². The second kappa shape index (κ2) is 5.88. The first-order valence-electron chi connectivity index (χ1n) is 7.50. The molecule has 1 aliphatic rings. The number of aromatic amines is 1. The number of carbonyl (C=O) groups excluding carboxylic acids is 1. The van der Waals surface area contributed by atoms with Crippen LogP contribution in [0.4, 0.5) is 0 Å². The third-order valence-electron chi connectivity index (χ3n) is 4.46. The van der Waals surface area contributed by atoms with Gasteiger partial charge in [0.25, 0.3) is 0 Å². The van der Waals surface area contributed by atoms with Gasteiger partial charge in [0.05, 0.1) is 25.0 Å². The summed E-state index contributed by atoms with van der Waals surface area (Å²) in [6.45, 7) is 0. The summed E-state index contributed by atoms with van der Waals surface area (Å²) in [5.74, 6) is 0.861. The Morgan fingerprint density at radius 2 is 2.22 bits per heavy atom. The normalized spacial score (nSPS) is 19.8. The van der Waals surface area contributed by atoms with E-state index in [2.05, 4.69) is 4.98 Å². The highest BCUT2D eigenvalue weighted by Gasteiger charge is 2.32. The van der Waals surface area contributed by atoms with Crippen molar-refractivity contribution in [3.05, 3.63) is 30.0 Å². The number of rotatable bonds is 4. The largest absolute Gasteiger partial charge is 0.496 e. The fourth-order valence-corrected chi connectivity index (χ4v) is 4.88. The number of sulfone groups is 1. The molecule has 1 fully saturated rings. The van der Waals surface area contributed by atoms with E-state index in [1.54, 1.807) is 19.1 Å². The summed E-state index contributed by atoms with van der Waals surface area (Å²) in [5, 5.41) is 0.899. The first-order valence-corrected chi connectivity index (χ1v) is 9.32. The van der Waals surface area contributed by atoms with E-state index >= 15 is 0 Å². The van der Waals surface area contributed by atoms with Gasteiger partial charge in [-0.25, -0.2) is 8.42 Å². The van der Waals surface area contributed by atoms with Gasteiger partial charge in [0.2, 0.25) is 5.91 Å². The number of hydrogen-bond acceptors (Lipinski definition) is 4. The summed E-state index contributed by atoms with van der Waals surface area (Å²) in [6.07, 6.45) is 2.54. The maximum atomic E-state index is 12.5. The molecule has 1 aromatic heterocycles. The molecule has 0 bridgehead atoms. The Bertz CT molecular complexity index is 841. The number of hydrogen-bond donors (Lipinski definition) is 1. The first kappa shape index (κ1) is 15.9. The molecule has 2 aromatic rings. The van der Waals surface area contributed by atoms with E-state index in [0.717, 1.165) is 22.2 Å². The maximum absolute atomic E-state index is 12.5. The SMILES string of the molecule is COc1cccc2[nH]cc(CC(=O)N(C)C3CCS(=O)(=O)C3)c12. The number of carbonyl (C=O) groups is 1. The van der Waals surface area contributed by atoms with E-state index in [1.165, 1.54) is 0 Å². The van der Waals surface area contributed by atoms with E-state index < -0.39 is 9.84 Å². The molecule has 0 aliphatic carbocycles. The fourth-order valence-electron chi connectivity index (χ4n) is 3.10. The monoisotopic (exact) mass is 336 g/mol. The number of likely N-dealkylation sites (N-methyl/N-ethyl adjacent to an activating group) is 1. The maximum Gasteiger partial charge on any atom is 0.227 e. The van der Waals surface area contributed by atoms with E-state index in [4.69, 9.17) is 4.74 Å². The van der Waals surface area contributed by atoms with Crippen LogP contribution in [0.15, 0.2) is 24.4 Å². The zero-order valence-corrected chi connectivity index (χ0v) is 14.0. The molecule has 3 rings (SSSR count). The lowest BCUT2D eigenvalue weighted by atomic mass is 10.1. The third kappa shape index (κ3) is 3.06. The number of nitrogens with one attached hydrogen (secondary N) is 1. The minimum atomic E-state index is -3.00. The van der Waals surface area contributed by atoms with Crippen molar-refractivity contribution in [1.29, 1.82) is 0 Å². The van der Waals surface area contributed by atoms with Crippen molar-refractivity contribution >= 4 is 26.6 Å². The molecular weight excluding hydrogens is 316 g/mol. The van der Waals surface area contributed by atoms with E-state index in [1.807, 2.05) is 24.4 Å². The zero-order chi connectivity index (χ0) is 16.6. The summed E-state index contributed by atoms with van der Waals surface area (Å²) >= 11 is 0. The van der Waals surface area contributed by atoms with Crippen LogP contribution in [0.1, 0.15) is 12.0 Å². The Morgan fingerprint density at radius 1 is 1.43 bits per heavy atom. The number of amides is 1. The van der Waals surface area contributed by atoms with Gasteiger partial charge < -0.3 is 14.6 Å². The van der Waals surface area contributed by atoms with Gasteiger partial charge in [-0.2, -0.15) is 0 Å². The van der Waals surface area contributed by atoms with Crippen molar-refractivity contribution in [3.63, 3.8) is 0 Å². The summed E-state index contributed by atoms with van der Waals surface area (Å²) in [7, 11) is 0.279. The summed E-state index contributed by atoms with van der Waals surface area (Å²) in [6, 6.07) is 5.45. The van der Waals surface area contributed by atoms with Crippen LogP contribution < -0.4 is 4.74 Å². The highest BCUT2D eigenvalue weighted by atomic mass is 32.2. The van der Waals surface area contributed by atoms with Crippen molar-refractivity contribution in [2.24, 2.45) is 0 Å². The predicted octanol–water partition coefficient (Wildman–Crippen LogP) is 1.36. The lowest BCUT2D eigenvalue weighted by Gasteiger charge is -2.23. The molecule has 1 atom stereocenters. The second-order valence-electron chi connectivity index (χ2n) is 5.94. The van der Waals surface area contributed by atoms with Crippen molar-refractivity contribution in [1.82, 2.24) is 9.88 Å². The number of methoxy groups -OCH3 is 1. The molecule has 23 heavy (non-hydrogen) atoms. The number of fused-ring (bicyclic) bond motifs is 1. The molecule has 124 valence electrons. The molecule has 1 aromatic carbocycles. The number of ether oxygens (including phenoxy) is 1. The number of nitrogens with zero attached hydrogens (tertiary/aromatic N) is 1. The van der Waals surface area contributed by atoms with Crippen LogP contribution in [0.5, 0.6) is 5.75 Å². The minimum Gasteiger partial charge on any atom is -0.496 e. The minimum absolute atomic E-state index is 0.0620. The van der Waals surface area contributed by atoms with Crippen LogP contribution in [0.3, 0.4) is 0 Å². The summed E-state index contributed by atoms with van der Waals surface area (Å²) in [4.78, 5) is 17.2. The Morgan fingerprint density at radius 3 is 2.87 bits per heavy atom. The molecule has 6 nitrogen and oxygen atoms in total. The lowest BCUT2D eigenvalue weighted by molar-refractivity contribution is -0.130. The van der Waals surface area contributed by atoms with Gasteiger partial charge >= 0.3 is 0 Å². The summed E-state index contributed by atoms with van der Waals surface area (Å²) < 4.78 is 28.5. The van der Waals surface area contributed by atoms with Crippen molar-refractivity contribution in [3.8, 4) is 5.75 Å². The molecule has 7 heteroatoms. The number of aromatic nitrogens is 1. The van der Waals surface area contributed by atoms with Crippen molar-refractivity contribution in [2.45, 2.75) is 18.9 Å². The van der Waals surface area contributed by atoms with Gasteiger partial charge in [0, 0.05) is 30.2 Å². The van der Waals surface area contributed by atoms with Gasteiger partial charge in [-0.3, -0.25) is 4.79 Å². The van der Waals surface area contributed by atoms with E-state index in [9.17, 15) is 13.2 Å². The third-order valence-corrected chi connectivity index (χ3v) is 6.21. The molecule has 1 N–H and O–H groups in total. The molecule has 0 radical (unpaired) electrons. The van der Waals surface area contributed by atoms with E-state index in [0.29, 0.717) is 6.42 Å².